The Kier molecular flexibility index (Phi) is 22.7. The van der Waals surface area contributed by atoms with Crippen molar-refractivity contribution >= 4 is 86.5 Å². The molecule has 0 radical (unpaired) electrons. The van der Waals surface area contributed by atoms with Gasteiger partial charge in [-0.05, 0) is 57.6 Å². The molecule has 1 heterocycles. The van der Waals surface area contributed by atoms with Crippen LogP contribution in [0.2, 0.25) is 0 Å². The zero-order valence-corrected chi connectivity index (χ0v) is 40.7. The standard InChI is InChI=1S/C43H62N14O11S2/c1-23(50-35(60)28(51-24(2)58)12-8-18-48-41(44)45)34(59)55-32-22-69-70-43(3,4)33(40(65)66)56-38(63)31(21-26-14-16-27(17-15-26)57(67)68)54-37(62)30(20-25-10-6-5-7-11-25)53-36(61)29(52-39(32)64)13-9-19-49-42(46)47/h5-7,10-11,14-17,23,28-33H,8-9,12-13,18-22H2,1-4H3,(H,50,60)(H,51,58)(H,52,64)(H,53,61)(H,54,62)(H,55,59)(H,56,63)(H,65,66)(H4,44,45,48)(H4,46,47,49)/t23-,28-,29-,30-,31-,32+,33+/m0/s1. The molecule has 382 valence electrons. The van der Waals surface area contributed by atoms with E-state index in [1.54, 1.807) is 30.3 Å². The first-order valence-electron chi connectivity index (χ1n) is 22.0. The van der Waals surface area contributed by atoms with Crippen LogP contribution < -0.4 is 60.2 Å². The maximum absolute atomic E-state index is 14.4. The molecule has 1 aliphatic rings. The van der Waals surface area contributed by atoms with E-state index in [1.165, 1.54) is 52.0 Å². The number of benzene rings is 2. The molecular formula is C43H62N14O11S2. The molecular weight excluding hydrogens is 953 g/mol. The van der Waals surface area contributed by atoms with Crippen LogP contribution in [0.1, 0.15) is 64.5 Å². The number of nitrogens with two attached hydrogens (primary N) is 4. The topological polar surface area (TPSA) is 413 Å². The van der Waals surface area contributed by atoms with Crippen molar-refractivity contribution in [3.05, 3.63) is 75.8 Å². The van der Waals surface area contributed by atoms with E-state index >= 15 is 0 Å². The number of aliphatic carboxylic acids is 1. The first-order chi connectivity index (χ1) is 33.0. The molecule has 2 aromatic carbocycles. The van der Waals surface area contributed by atoms with Crippen LogP contribution in [0.4, 0.5) is 5.69 Å². The highest BCUT2D eigenvalue weighted by Crippen LogP contribution is 2.39. The molecule has 1 aliphatic heterocycles. The molecule has 3 rings (SSSR count). The summed E-state index contributed by atoms with van der Waals surface area (Å²) in [6.45, 7) is 5.77. The number of nitrogens with one attached hydrogen (secondary N) is 7. The smallest absolute Gasteiger partial charge is 0.327 e. The fourth-order valence-electron chi connectivity index (χ4n) is 6.80. The minimum Gasteiger partial charge on any atom is -0.480 e. The molecule has 25 nitrogen and oxygen atoms in total. The Bertz CT molecular complexity index is 2240. The second-order valence-corrected chi connectivity index (χ2v) is 19.7. The van der Waals surface area contributed by atoms with Gasteiger partial charge < -0.3 is 65.3 Å². The van der Waals surface area contributed by atoms with Crippen molar-refractivity contribution in [2.45, 2.75) is 113 Å². The van der Waals surface area contributed by atoms with Crippen molar-refractivity contribution < 1.29 is 48.4 Å². The Morgan fingerprint density at radius 2 is 1.31 bits per heavy atom. The lowest BCUT2D eigenvalue weighted by Gasteiger charge is -2.32. The van der Waals surface area contributed by atoms with E-state index in [4.69, 9.17) is 22.9 Å². The first-order valence-corrected chi connectivity index (χ1v) is 24.3. The minimum absolute atomic E-state index is 0.0345. The third-order valence-electron chi connectivity index (χ3n) is 10.5. The summed E-state index contributed by atoms with van der Waals surface area (Å²) >= 11 is 0. The molecule has 0 spiro atoms. The number of rotatable bonds is 19. The highest BCUT2D eigenvalue weighted by Gasteiger charge is 2.41. The summed E-state index contributed by atoms with van der Waals surface area (Å²) in [7, 11) is 1.90. The second kappa shape index (κ2) is 27.7. The van der Waals surface area contributed by atoms with Gasteiger partial charge in [0.1, 0.15) is 42.3 Å². The number of hydrogen-bond acceptors (Lipinski definition) is 14. The van der Waals surface area contributed by atoms with Crippen LogP contribution in [0.5, 0.6) is 0 Å². The number of amides is 7. The molecule has 7 amide bonds. The van der Waals surface area contributed by atoms with Gasteiger partial charge in [-0.15, -0.1) is 0 Å². The van der Waals surface area contributed by atoms with Gasteiger partial charge in [0.15, 0.2) is 11.9 Å². The highest BCUT2D eigenvalue weighted by molar-refractivity contribution is 8.77. The zero-order valence-electron chi connectivity index (χ0n) is 39.1. The summed E-state index contributed by atoms with van der Waals surface area (Å²) in [5, 5.41) is 40.0. The fraction of sp³-hybridized carbons (Fsp3) is 0.488. The van der Waals surface area contributed by atoms with E-state index in [1.807, 2.05) is 0 Å². The van der Waals surface area contributed by atoms with Crippen molar-refractivity contribution in [3.63, 3.8) is 0 Å². The predicted octanol–water partition coefficient (Wildman–Crippen LogP) is -1.82. The summed E-state index contributed by atoms with van der Waals surface area (Å²) in [4.78, 5) is 128. The number of non-ortho nitro benzene ring substituents is 1. The number of hydrogen-bond donors (Lipinski definition) is 12. The van der Waals surface area contributed by atoms with Crippen LogP contribution in [-0.4, -0.2) is 135 Å². The lowest BCUT2D eigenvalue weighted by atomic mass is 9.99. The van der Waals surface area contributed by atoms with Gasteiger partial charge in [-0.25, -0.2) is 4.79 Å². The monoisotopic (exact) mass is 1010 g/mol. The Morgan fingerprint density at radius 3 is 1.86 bits per heavy atom. The molecule has 2 aromatic rings. The highest BCUT2D eigenvalue weighted by atomic mass is 33.1. The number of carbonyl (C=O) groups excluding carboxylic acids is 7. The summed E-state index contributed by atoms with van der Waals surface area (Å²) in [5.74, 6) is -7.73. The summed E-state index contributed by atoms with van der Waals surface area (Å²) in [6, 6.07) is 3.96. The van der Waals surface area contributed by atoms with Gasteiger partial charge in [0.05, 0.1) is 9.67 Å². The third-order valence-corrected chi connectivity index (χ3v) is 13.8. The van der Waals surface area contributed by atoms with Crippen LogP contribution in [0.3, 0.4) is 0 Å². The quantitative estimate of drug-likeness (QED) is 0.0184. The largest absolute Gasteiger partial charge is 0.480 e. The average Bonchev–Trinajstić information content (AvgIpc) is 3.28. The maximum atomic E-state index is 14.4. The van der Waals surface area contributed by atoms with Gasteiger partial charge in [-0.3, -0.25) is 53.7 Å². The molecule has 0 aromatic heterocycles. The Labute approximate surface area is 411 Å². The van der Waals surface area contributed by atoms with E-state index < -0.39 is 99.3 Å². The van der Waals surface area contributed by atoms with Crippen LogP contribution >= 0.6 is 21.6 Å². The normalized spacial score (nSPS) is 20.8. The van der Waals surface area contributed by atoms with Gasteiger partial charge in [-0.1, -0.05) is 64.1 Å². The van der Waals surface area contributed by atoms with Crippen LogP contribution in [0.15, 0.2) is 64.6 Å². The molecule has 0 saturated carbocycles. The van der Waals surface area contributed by atoms with Crippen LogP contribution in [-0.2, 0) is 51.2 Å². The number of aliphatic imine (C=N–C) groups is 2. The van der Waals surface area contributed by atoms with Crippen molar-refractivity contribution in [2.24, 2.45) is 32.9 Å². The fourth-order valence-corrected chi connectivity index (χ4v) is 9.61. The number of nitro benzene ring substituents is 1. The lowest BCUT2D eigenvalue weighted by Crippen LogP contribution is -2.61. The van der Waals surface area contributed by atoms with Crippen molar-refractivity contribution in [1.29, 1.82) is 0 Å². The van der Waals surface area contributed by atoms with Crippen LogP contribution in [0, 0.1) is 10.1 Å². The van der Waals surface area contributed by atoms with Gasteiger partial charge >= 0.3 is 5.97 Å². The molecule has 70 heavy (non-hydrogen) atoms. The maximum Gasteiger partial charge on any atom is 0.327 e. The van der Waals surface area contributed by atoms with E-state index in [2.05, 4.69) is 47.2 Å². The lowest BCUT2D eigenvalue weighted by molar-refractivity contribution is -0.384. The van der Waals surface area contributed by atoms with Crippen molar-refractivity contribution in [2.75, 3.05) is 18.8 Å². The van der Waals surface area contributed by atoms with Gasteiger partial charge in [-0.2, -0.15) is 0 Å². The molecule has 1 saturated heterocycles. The zero-order chi connectivity index (χ0) is 52.1. The molecule has 0 aliphatic carbocycles. The SMILES string of the molecule is CC(=O)N[C@@H](CCCN=C(N)N)C(=O)N[C@@H](C)C(=O)N[C@@H]1CSSC(C)(C)[C@@H](C(=O)O)NC(=O)[C@H](Cc2ccc([N+](=O)[O-])cc2)NC(=O)[C@H](Cc2ccccc2)NC(=O)[C@H](CCCN=C(N)N)NC1=O. The van der Waals surface area contributed by atoms with Gasteiger partial charge in [0.2, 0.25) is 41.4 Å². The molecule has 16 N–H and O–H groups in total. The number of carbonyl (C=O) groups is 8. The number of nitrogens with zero attached hydrogens (tertiary/aromatic N) is 3. The summed E-state index contributed by atoms with van der Waals surface area (Å²) in [6.07, 6.45) is 0.0585. The van der Waals surface area contributed by atoms with E-state index in [0.717, 1.165) is 21.6 Å². The molecule has 7 atom stereocenters. The van der Waals surface area contributed by atoms with E-state index in [-0.39, 0.29) is 75.0 Å². The number of nitro groups is 1. The molecule has 27 heteroatoms. The van der Waals surface area contributed by atoms with Gasteiger partial charge in [0, 0.05) is 50.7 Å². The Morgan fingerprint density at radius 1 is 0.786 bits per heavy atom. The van der Waals surface area contributed by atoms with E-state index in [0.29, 0.717) is 11.1 Å². The molecule has 1 fully saturated rings. The third kappa shape index (κ3) is 19.4. The van der Waals surface area contributed by atoms with Crippen LogP contribution in [0.25, 0.3) is 0 Å². The first kappa shape index (κ1) is 57.2. The summed E-state index contributed by atoms with van der Waals surface area (Å²) in [5.41, 5.74) is 22.5. The minimum atomic E-state index is -1.63. The Hall–Kier alpha value is -7.16. The number of carboxylic acid groups (broad SMARTS) is 1. The number of guanidine groups is 2. The second-order valence-electron chi connectivity index (χ2n) is 16.7. The molecule has 0 bridgehead atoms. The molecule has 0 unspecified atom stereocenters. The predicted molar refractivity (Wildman–Crippen MR) is 263 cm³/mol. The van der Waals surface area contributed by atoms with Gasteiger partial charge in [0.25, 0.3) is 5.69 Å². The van der Waals surface area contributed by atoms with Crippen molar-refractivity contribution in [3.8, 4) is 0 Å². The van der Waals surface area contributed by atoms with Crippen molar-refractivity contribution in [1.82, 2.24) is 37.2 Å². The summed E-state index contributed by atoms with van der Waals surface area (Å²) < 4.78 is -1.37. The number of carboxylic acids is 1. The average molecular weight is 1020 g/mol. The van der Waals surface area contributed by atoms with E-state index in [9.17, 15) is 53.6 Å². The Balaban J connectivity index is 2.08.